The van der Waals surface area contributed by atoms with E-state index < -0.39 is 21.5 Å². The SMILES string of the molecule is CC(C)NS(=O)(=O)c1ccc(C(=O)N2CCC(F)(F)CC23CC3)cc1. The molecule has 138 valence electrons. The van der Waals surface area contributed by atoms with Crippen molar-refractivity contribution in [2.45, 2.75) is 61.9 Å². The van der Waals surface area contributed by atoms with Gasteiger partial charge in [-0.05, 0) is 51.0 Å². The van der Waals surface area contributed by atoms with Crippen molar-refractivity contribution in [1.82, 2.24) is 9.62 Å². The normalized spacial score (nSPS) is 21.6. The number of likely N-dealkylation sites (tertiary alicyclic amines) is 1. The number of alkyl halides is 2. The van der Waals surface area contributed by atoms with Gasteiger partial charge in [-0.25, -0.2) is 21.9 Å². The van der Waals surface area contributed by atoms with Crippen molar-refractivity contribution in [3.8, 4) is 0 Å². The molecule has 1 N–H and O–H groups in total. The average Bonchev–Trinajstić information content (AvgIpc) is 3.24. The number of nitrogens with one attached hydrogen (secondary N) is 1. The molecular formula is C17H22F2N2O3S. The van der Waals surface area contributed by atoms with Gasteiger partial charge in [0, 0.05) is 36.5 Å². The van der Waals surface area contributed by atoms with Crippen molar-refractivity contribution in [3.05, 3.63) is 29.8 Å². The number of hydrogen-bond donors (Lipinski definition) is 1. The molecule has 1 spiro atoms. The molecule has 1 aliphatic heterocycles. The van der Waals surface area contributed by atoms with E-state index in [0.717, 1.165) is 0 Å². The number of rotatable bonds is 4. The summed E-state index contributed by atoms with van der Waals surface area (Å²) in [4.78, 5) is 14.3. The molecule has 1 aromatic carbocycles. The zero-order valence-electron chi connectivity index (χ0n) is 14.3. The Hall–Kier alpha value is -1.54. The lowest BCUT2D eigenvalue weighted by Crippen LogP contribution is -2.51. The molecule has 8 heteroatoms. The van der Waals surface area contributed by atoms with E-state index in [0.29, 0.717) is 18.4 Å². The molecule has 25 heavy (non-hydrogen) atoms. The lowest BCUT2D eigenvalue weighted by atomic mass is 9.95. The first-order valence-electron chi connectivity index (χ1n) is 8.37. The van der Waals surface area contributed by atoms with Gasteiger partial charge in [-0.1, -0.05) is 0 Å². The minimum absolute atomic E-state index is 0.0286. The number of carbonyl (C=O) groups is 1. The second-order valence-corrected chi connectivity index (χ2v) is 8.98. The first-order valence-corrected chi connectivity index (χ1v) is 9.85. The van der Waals surface area contributed by atoms with E-state index in [4.69, 9.17) is 0 Å². The Kier molecular flexibility index (Phi) is 4.39. The second-order valence-electron chi connectivity index (χ2n) is 7.26. The molecule has 1 saturated carbocycles. The van der Waals surface area contributed by atoms with Crippen LogP contribution in [0, 0.1) is 0 Å². The molecule has 1 amide bonds. The Bertz CT molecular complexity index is 772. The number of halogens is 2. The van der Waals surface area contributed by atoms with Crippen molar-refractivity contribution >= 4 is 15.9 Å². The summed E-state index contributed by atoms with van der Waals surface area (Å²) in [5, 5.41) is 0. The van der Waals surface area contributed by atoms with E-state index in [1.165, 1.54) is 24.3 Å². The van der Waals surface area contributed by atoms with E-state index in [1.54, 1.807) is 18.7 Å². The topological polar surface area (TPSA) is 66.5 Å². The van der Waals surface area contributed by atoms with Gasteiger partial charge in [-0.15, -0.1) is 0 Å². The minimum Gasteiger partial charge on any atom is -0.333 e. The van der Waals surface area contributed by atoms with E-state index in [2.05, 4.69) is 4.72 Å². The molecule has 0 radical (unpaired) electrons. The molecule has 0 aromatic heterocycles. The van der Waals surface area contributed by atoms with Crippen LogP contribution in [0.3, 0.4) is 0 Å². The summed E-state index contributed by atoms with van der Waals surface area (Å²) in [7, 11) is -3.63. The second kappa shape index (κ2) is 6.02. The highest BCUT2D eigenvalue weighted by molar-refractivity contribution is 7.89. The third kappa shape index (κ3) is 3.69. The van der Waals surface area contributed by atoms with Gasteiger partial charge < -0.3 is 4.90 Å². The summed E-state index contributed by atoms with van der Waals surface area (Å²) in [6.45, 7) is 3.47. The maximum Gasteiger partial charge on any atom is 0.254 e. The molecule has 2 aliphatic rings. The van der Waals surface area contributed by atoms with Crippen LogP contribution in [0.2, 0.25) is 0 Å². The number of amides is 1. The van der Waals surface area contributed by atoms with Gasteiger partial charge in [0.2, 0.25) is 10.0 Å². The molecular weight excluding hydrogens is 350 g/mol. The fourth-order valence-electron chi connectivity index (χ4n) is 3.40. The summed E-state index contributed by atoms with van der Waals surface area (Å²) in [5.41, 5.74) is -0.400. The fourth-order valence-corrected chi connectivity index (χ4v) is 4.65. The smallest absolute Gasteiger partial charge is 0.254 e. The van der Waals surface area contributed by atoms with Gasteiger partial charge in [0.25, 0.3) is 11.8 Å². The van der Waals surface area contributed by atoms with E-state index >= 15 is 0 Å². The summed E-state index contributed by atoms with van der Waals surface area (Å²) in [6.07, 6.45) is 0.583. The maximum atomic E-state index is 13.7. The molecule has 1 heterocycles. The molecule has 1 aromatic rings. The Balaban J connectivity index is 1.78. The Morgan fingerprint density at radius 1 is 1.16 bits per heavy atom. The van der Waals surface area contributed by atoms with Crippen molar-refractivity contribution in [2.75, 3.05) is 6.54 Å². The third-order valence-corrected chi connectivity index (χ3v) is 6.41. The first-order chi connectivity index (χ1) is 11.5. The lowest BCUT2D eigenvalue weighted by molar-refractivity contribution is -0.0763. The molecule has 1 aliphatic carbocycles. The highest BCUT2D eigenvalue weighted by Crippen LogP contribution is 2.53. The van der Waals surface area contributed by atoms with Crippen LogP contribution in [-0.4, -0.2) is 43.3 Å². The van der Waals surface area contributed by atoms with Crippen molar-refractivity contribution in [3.63, 3.8) is 0 Å². The first kappa shape index (κ1) is 18.3. The van der Waals surface area contributed by atoms with Crippen LogP contribution < -0.4 is 4.72 Å². The molecule has 1 saturated heterocycles. The summed E-state index contributed by atoms with van der Waals surface area (Å²) >= 11 is 0. The monoisotopic (exact) mass is 372 g/mol. The Morgan fingerprint density at radius 2 is 1.76 bits per heavy atom. The summed E-state index contributed by atoms with van der Waals surface area (Å²) in [6, 6.07) is 5.39. The molecule has 3 rings (SSSR count). The van der Waals surface area contributed by atoms with Crippen LogP contribution in [-0.2, 0) is 10.0 Å². The molecule has 0 bridgehead atoms. The van der Waals surface area contributed by atoms with Gasteiger partial charge in [0.05, 0.1) is 4.90 Å². The van der Waals surface area contributed by atoms with Gasteiger partial charge in [0.15, 0.2) is 0 Å². The quantitative estimate of drug-likeness (QED) is 0.884. The van der Waals surface area contributed by atoms with Crippen LogP contribution >= 0.6 is 0 Å². The van der Waals surface area contributed by atoms with Gasteiger partial charge in [0.1, 0.15) is 0 Å². The van der Waals surface area contributed by atoms with Crippen molar-refractivity contribution < 1.29 is 22.0 Å². The van der Waals surface area contributed by atoms with Crippen LogP contribution in [0.4, 0.5) is 8.78 Å². The van der Waals surface area contributed by atoms with Gasteiger partial charge in [-0.3, -0.25) is 4.79 Å². The van der Waals surface area contributed by atoms with E-state index in [1.807, 2.05) is 0 Å². The summed E-state index contributed by atoms with van der Waals surface area (Å²) < 4.78 is 54.0. The number of piperidine rings is 1. The van der Waals surface area contributed by atoms with Gasteiger partial charge in [-0.2, -0.15) is 0 Å². The van der Waals surface area contributed by atoms with Crippen LogP contribution in [0.5, 0.6) is 0 Å². The molecule has 0 atom stereocenters. The summed E-state index contributed by atoms with van der Waals surface area (Å²) in [5.74, 6) is -3.03. The Morgan fingerprint density at radius 3 is 2.28 bits per heavy atom. The molecule has 0 unspecified atom stereocenters. The van der Waals surface area contributed by atoms with E-state index in [9.17, 15) is 22.0 Å². The minimum atomic E-state index is -3.63. The predicted molar refractivity (Wildman–Crippen MR) is 89.1 cm³/mol. The van der Waals surface area contributed by atoms with Crippen LogP contribution in [0.15, 0.2) is 29.2 Å². The zero-order chi connectivity index (χ0) is 18.5. The zero-order valence-corrected chi connectivity index (χ0v) is 15.1. The third-order valence-electron chi connectivity index (χ3n) is 4.74. The number of nitrogens with zero attached hydrogens (tertiary/aromatic N) is 1. The lowest BCUT2D eigenvalue weighted by Gasteiger charge is -2.40. The molecule has 5 nitrogen and oxygen atoms in total. The molecule has 2 fully saturated rings. The largest absolute Gasteiger partial charge is 0.333 e. The standard InChI is InChI=1S/C17H22F2N2O3S/c1-12(2)20-25(23,24)14-5-3-13(4-6-14)15(22)21-10-9-17(18,19)11-16(21)7-8-16/h3-6,12,20H,7-11H2,1-2H3. The number of benzene rings is 1. The van der Waals surface area contributed by atoms with Crippen LogP contribution in [0.1, 0.15) is 49.9 Å². The highest BCUT2D eigenvalue weighted by atomic mass is 32.2. The van der Waals surface area contributed by atoms with Crippen molar-refractivity contribution in [2.24, 2.45) is 0 Å². The van der Waals surface area contributed by atoms with Crippen molar-refractivity contribution in [1.29, 1.82) is 0 Å². The highest BCUT2D eigenvalue weighted by Gasteiger charge is 2.58. The number of sulfonamides is 1. The predicted octanol–water partition coefficient (Wildman–Crippen LogP) is 2.78. The number of hydrogen-bond acceptors (Lipinski definition) is 3. The Labute approximate surface area is 146 Å². The van der Waals surface area contributed by atoms with Gasteiger partial charge >= 0.3 is 0 Å². The number of carbonyl (C=O) groups excluding carboxylic acids is 1. The average molecular weight is 372 g/mol. The van der Waals surface area contributed by atoms with E-state index in [-0.39, 0.29) is 36.2 Å². The van der Waals surface area contributed by atoms with Crippen LogP contribution in [0.25, 0.3) is 0 Å². The fraction of sp³-hybridized carbons (Fsp3) is 0.588. The maximum absolute atomic E-state index is 13.7.